The fourth-order valence-corrected chi connectivity index (χ4v) is 1.65. The second-order valence-corrected chi connectivity index (χ2v) is 4.52. The van der Waals surface area contributed by atoms with Gasteiger partial charge in [-0.1, -0.05) is 0 Å². The van der Waals surface area contributed by atoms with Crippen LogP contribution in [0.25, 0.3) is 10.9 Å². The first kappa shape index (κ1) is 9.06. The van der Waals surface area contributed by atoms with Gasteiger partial charge in [0.2, 0.25) is 0 Å². The van der Waals surface area contributed by atoms with Crippen molar-refractivity contribution in [2.75, 3.05) is 5.73 Å². The SMILES string of the molecule is CC(C)(C)n1cc(N)c2cnccc21. The van der Waals surface area contributed by atoms with Crippen LogP contribution in [0.5, 0.6) is 0 Å². The highest BCUT2D eigenvalue weighted by atomic mass is 15.0. The van der Waals surface area contributed by atoms with Gasteiger partial charge in [0.05, 0.1) is 11.2 Å². The molecule has 14 heavy (non-hydrogen) atoms. The molecule has 0 atom stereocenters. The highest BCUT2D eigenvalue weighted by Gasteiger charge is 2.16. The number of hydrogen-bond acceptors (Lipinski definition) is 2. The van der Waals surface area contributed by atoms with Gasteiger partial charge in [0.25, 0.3) is 0 Å². The topological polar surface area (TPSA) is 43.8 Å². The minimum atomic E-state index is 0.0528. The molecule has 0 aliphatic rings. The minimum Gasteiger partial charge on any atom is -0.397 e. The number of nitrogen functional groups attached to an aromatic ring is 1. The van der Waals surface area contributed by atoms with E-state index in [2.05, 4.69) is 30.3 Å². The lowest BCUT2D eigenvalue weighted by atomic mass is 10.1. The smallest absolute Gasteiger partial charge is 0.0589 e. The van der Waals surface area contributed by atoms with Crippen molar-refractivity contribution in [2.45, 2.75) is 26.3 Å². The van der Waals surface area contributed by atoms with Crippen LogP contribution in [0.3, 0.4) is 0 Å². The molecule has 0 aliphatic carbocycles. The molecular weight excluding hydrogens is 174 g/mol. The van der Waals surface area contributed by atoms with Crippen molar-refractivity contribution in [3.05, 3.63) is 24.7 Å². The van der Waals surface area contributed by atoms with Crippen molar-refractivity contribution in [2.24, 2.45) is 0 Å². The van der Waals surface area contributed by atoms with Gasteiger partial charge >= 0.3 is 0 Å². The second kappa shape index (κ2) is 2.74. The number of fused-ring (bicyclic) bond motifs is 1. The summed E-state index contributed by atoms with van der Waals surface area (Å²) in [5.74, 6) is 0. The fourth-order valence-electron chi connectivity index (χ4n) is 1.65. The molecular formula is C11H15N3. The quantitative estimate of drug-likeness (QED) is 0.691. The second-order valence-electron chi connectivity index (χ2n) is 4.52. The van der Waals surface area contributed by atoms with Crippen LogP contribution < -0.4 is 5.73 Å². The molecule has 3 nitrogen and oxygen atoms in total. The van der Waals surface area contributed by atoms with E-state index in [0.717, 1.165) is 16.6 Å². The summed E-state index contributed by atoms with van der Waals surface area (Å²) in [7, 11) is 0. The maximum atomic E-state index is 5.91. The lowest BCUT2D eigenvalue weighted by molar-refractivity contribution is 0.411. The molecule has 2 aromatic heterocycles. The predicted molar refractivity (Wildman–Crippen MR) is 59.1 cm³/mol. The highest BCUT2D eigenvalue weighted by molar-refractivity contribution is 5.91. The number of aromatic nitrogens is 2. The summed E-state index contributed by atoms with van der Waals surface area (Å²) < 4.78 is 2.18. The number of pyridine rings is 1. The summed E-state index contributed by atoms with van der Waals surface area (Å²) in [4.78, 5) is 4.08. The van der Waals surface area contributed by atoms with Crippen LogP contribution in [0.2, 0.25) is 0 Å². The van der Waals surface area contributed by atoms with Crippen molar-refractivity contribution < 1.29 is 0 Å². The first-order chi connectivity index (χ1) is 6.50. The van der Waals surface area contributed by atoms with Gasteiger partial charge in [-0.05, 0) is 26.8 Å². The normalized spacial score (nSPS) is 12.2. The van der Waals surface area contributed by atoms with E-state index in [1.807, 2.05) is 18.5 Å². The van der Waals surface area contributed by atoms with E-state index in [4.69, 9.17) is 5.73 Å². The standard InChI is InChI=1S/C11H15N3/c1-11(2,3)14-7-9(12)8-6-13-5-4-10(8)14/h4-7H,12H2,1-3H3. The molecule has 3 heteroatoms. The first-order valence-corrected chi connectivity index (χ1v) is 4.71. The van der Waals surface area contributed by atoms with Crippen LogP contribution in [0, 0.1) is 0 Å². The van der Waals surface area contributed by atoms with Crippen LogP contribution in [-0.4, -0.2) is 9.55 Å². The van der Waals surface area contributed by atoms with Gasteiger partial charge in [0, 0.05) is 29.5 Å². The van der Waals surface area contributed by atoms with Crippen molar-refractivity contribution in [1.29, 1.82) is 0 Å². The van der Waals surface area contributed by atoms with Crippen molar-refractivity contribution in [3.8, 4) is 0 Å². The largest absolute Gasteiger partial charge is 0.397 e. The van der Waals surface area contributed by atoms with Gasteiger partial charge < -0.3 is 10.3 Å². The zero-order valence-electron chi connectivity index (χ0n) is 8.78. The predicted octanol–water partition coefficient (Wildman–Crippen LogP) is 2.37. The Labute approximate surface area is 83.6 Å². The monoisotopic (exact) mass is 189 g/mol. The Kier molecular flexibility index (Phi) is 1.77. The Balaban J connectivity index is 2.80. The third-order valence-corrected chi connectivity index (χ3v) is 2.36. The third-order valence-electron chi connectivity index (χ3n) is 2.36. The molecule has 0 aromatic carbocycles. The molecule has 2 N–H and O–H groups in total. The van der Waals surface area contributed by atoms with Crippen molar-refractivity contribution >= 4 is 16.6 Å². The number of nitrogens with zero attached hydrogens (tertiary/aromatic N) is 2. The van der Waals surface area contributed by atoms with Gasteiger partial charge in [-0.15, -0.1) is 0 Å². The van der Waals surface area contributed by atoms with Crippen molar-refractivity contribution in [1.82, 2.24) is 9.55 Å². The molecule has 74 valence electrons. The zero-order valence-corrected chi connectivity index (χ0v) is 8.78. The summed E-state index contributed by atoms with van der Waals surface area (Å²) in [6, 6.07) is 2.00. The molecule has 0 bridgehead atoms. The van der Waals surface area contributed by atoms with Gasteiger partial charge in [0.15, 0.2) is 0 Å². The van der Waals surface area contributed by atoms with E-state index in [0.29, 0.717) is 0 Å². The average Bonchev–Trinajstić information content (AvgIpc) is 2.44. The molecule has 0 saturated carbocycles. The Morgan fingerprint density at radius 2 is 2.07 bits per heavy atom. The maximum absolute atomic E-state index is 5.91. The average molecular weight is 189 g/mol. The van der Waals surface area contributed by atoms with E-state index in [-0.39, 0.29) is 5.54 Å². The fraction of sp³-hybridized carbons (Fsp3) is 0.364. The summed E-state index contributed by atoms with van der Waals surface area (Å²) in [6.45, 7) is 6.48. The van der Waals surface area contributed by atoms with E-state index >= 15 is 0 Å². The van der Waals surface area contributed by atoms with Gasteiger partial charge in [-0.25, -0.2) is 0 Å². The van der Waals surface area contributed by atoms with E-state index in [1.165, 1.54) is 0 Å². The van der Waals surface area contributed by atoms with Crippen molar-refractivity contribution in [3.63, 3.8) is 0 Å². The van der Waals surface area contributed by atoms with E-state index in [1.54, 1.807) is 6.20 Å². The first-order valence-electron chi connectivity index (χ1n) is 4.71. The van der Waals surface area contributed by atoms with Crippen LogP contribution >= 0.6 is 0 Å². The van der Waals surface area contributed by atoms with Crippen LogP contribution in [0.15, 0.2) is 24.7 Å². The third kappa shape index (κ3) is 1.25. The Morgan fingerprint density at radius 1 is 1.36 bits per heavy atom. The van der Waals surface area contributed by atoms with Gasteiger partial charge in [-0.2, -0.15) is 0 Å². The van der Waals surface area contributed by atoms with E-state index in [9.17, 15) is 0 Å². The van der Waals surface area contributed by atoms with E-state index < -0.39 is 0 Å². The number of rotatable bonds is 0. The number of hydrogen-bond donors (Lipinski definition) is 1. The summed E-state index contributed by atoms with van der Waals surface area (Å²) in [6.07, 6.45) is 5.59. The minimum absolute atomic E-state index is 0.0528. The molecule has 0 saturated heterocycles. The molecule has 0 amide bonds. The molecule has 0 fully saturated rings. The molecule has 0 radical (unpaired) electrons. The Morgan fingerprint density at radius 3 is 2.71 bits per heavy atom. The molecule has 2 rings (SSSR count). The Hall–Kier alpha value is -1.51. The van der Waals surface area contributed by atoms with Gasteiger partial charge in [0.1, 0.15) is 0 Å². The van der Waals surface area contributed by atoms with Gasteiger partial charge in [-0.3, -0.25) is 4.98 Å². The maximum Gasteiger partial charge on any atom is 0.0589 e. The Bertz CT molecular complexity index is 463. The molecule has 0 unspecified atom stereocenters. The van der Waals surface area contributed by atoms with Crippen LogP contribution in [-0.2, 0) is 5.54 Å². The molecule has 0 spiro atoms. The molecule has 2 aromatic rings. The van der Waals surface area contributed by atoms with Crippen LogP contribution in [0.4, 0.5) is 5.69 Å². The lowest BCUT2D eigenvalue weighted by Crippen LogP contribution is -2.20. The highest BCUT2D eigenvalue weighted by Crippen LogP contribution is 2.27. The number of anilines is 1. The summed E-state index contributed by atoms with van der Waals surface area (Å²) in [5, 5.41) is 1.03. The zero-order chi connectivity index (χ0) is 10.3. The lowest BCUT2D eigenvalue weighted by Gasteiger charge is -2.22. The summed E-state index contributed by atoms with van der Waals surface area (Å²) >= 11 is 0. The van der Waals surface area contributed by atoms with Crippen LogP contribution in [0.1, 0.15) is 20.8 Å². The molecule has 0 aliphatic heterocycles. The number of nitrogens with two attached hydrogens (primary N) is 1. The summed E-state index contributed by atoms with van der Waals surface area (Å²) in [5.41, 5.74) is 7.90. The molecule has 2 heterocycles.